The maximum Gasteiger partial charge on any atom is 0.255 e. The highest BCUT2D eigenvalue weighted by atomic mass is 19.1. The number of nitrogens with one attached hydrogen (secondary N) is 1. The highest BCUT2D eigenvalue weighted by Crippen LogP contribution is 2.09. The lowest BCUT2D eigenvalue weighted by atomic mass is 10.2. The van der Waals surface area contributed by atoms with Gasteiger partial charge in [0.2, 0.25) is 11.9 Å². The lowest BCUT2D eigenvalue weighted by Gasteiger charge is -2.10. The number of anilines is 1. The molecule has 122 valence electrons. The third-order valence-electron chi connectivity index (χ3n) is 3.25. The Hall–Kier alpha value is -2.77. The van der Waals surface area contributed by atoms with Crippen LogP contribution in [-0.4, -0.2) is 15.5 Å². The summed E-state index contributed by atoms with van der Waals surface area (Å²) in [6, 6.07) is 4.38. The van der Waals surface area contributed by atoms with E-state index in [0.717, 1.165) is 16.7 Å². The predicted molar refractivity (Wildman–Crippen MR) is 80.5 cm³/mol. The normalized spacial score (nSPS) is 10.6. The first-order valence-electron chi connectivity index (χ1n) is 6.97. The molecule has 1 aromatic carbocycles. The van der Waals surface area contributed by atoms with E-state index in [0.29, 0.717) is 12.1 Å². The maximum absolute atomic E-state index is 13.5. The number of rotatable bonds is 5. The van der Waals surface area contributed by atoms with Gasteiger partial charge < -0.3 is 11.1 Å². The Balaban J connectivity index is 2.04. The van der Waals surface area contributed by atoms with Crippen molar-refractivity contribution in [1.82, 2.24) is 14.9 Å². The van der Waals surface area contributed by atoms with Gasteiger partial charge in [-0.05, 0) is 12.5 Å². The molecule has 0 fully saturated rings. The Morgan fingerprint density at radius 3 is 2.70 bits per heavy atom. The van der Waals surface area contributed by atoms with Crippen molar-refractivity contribution in [2.24, 2.45) is 0 Å². The van der Waals surface area contributed by atoms with Crippen LogP contribution in [-0.2, 0) is 24.3 Å². The minimum absolute atomic E-state index is 0.0579. The van der Waals surface area contributed by atoms with Crippen LogP contribution in [0, 0.1) is 11.6 Å². The zero-order valence-electron chi connectivity index (χ0n) is 12.5. The van der Waals surface area contributed by atoms with Gasteiger partial charge in [0.15, 0.2) is 0 Å². The summed E-state index contributed by atoms with van der Waals surface area (Å²) in [7, 11) is 0. The minimum Gasteiger partial charge on any atom is -0.369 e. The van der Waals surface area contributed by atoms with E-state index in [1.165, 1.54) is 12.1 Å². The Bertz CT molecular complexity index is 790. The monoisotopic (exact) mass is 322 g/mol. The number of hydrogen-bond acceptors (Lipinski definition) is 4. The quantitative estimate of drug-likeness (QED) is 0.859. The highest BCUT2D eigenvalue weighted by Gasteiger charge is 2.11. The molecular weight excluding hydrogens is 306 g/mol. The molecule has 0 aliphatic carbocycles. The van der Waals surface area contributed by atoms with Gasteiger partial charge >= 0.3 is 0 Å². The summed E-state index contributed by atoms with van der Waals surface area (Å²) in [5.74, 6) is -2.04. The van der Waals surface area contributed by atoms with Crippen molar-refractivity contribution in [2.75, 3.05) is 5.73 Å². The minimum atomic E-state index is -0.754. The second-order valence-electron chi connectivity index (χ2n) is 4.90. The first-order valence-corrected chi connectivity index (χ1v) is 6.97. The van der Waals surface area contributed by atoms with E-state index in [1.54, 1.807) is 0 Å². The summed E-state index contributed by atoms with van der Waals surface area (Å²) in [5, 5.41) is 2.45. The number of nitrogens with zero attached hydrogens (tertiary/aromatic N) is 2. The number of aryl methyl sites for hydroxylation is 1. The Labute approximate surface area is 131 Å². The predicted octanol–water partition coefficient (Wildman–Crippen LogP) is 0.982. The highest BCUT2D eigenvalue weighted by molar-refractivity contribution is 5.76. The van der Waals surface area contributed by atoms with Crippen LogP contribution in [0.15, 0.2) is 29.1 Å². The average Bonchev–Trinajstić information content (AvgIpc) is 2.49. The lowest BCUT2D eigenvalue weighted by Crippen LogP contribution is -2.34. The number of carbonyl (C=O) groups is 1. The molecule has 0 unspecified atom stereocenters. The number of amides is 1. The molecule has 1 amide bonds. The van der Waals surface area contributed by atoms with Gasteiger partial charge in [0.25, 0.3) is 5.56 Å². The zero-order valence-corrected chi connectivity index (χ0v) is 12.5. The lowest BCUT2D eigenvalue weighted by molar-refractivity contribution is -0.121. The van der Waals surface area contributed by atoms with Crippen molar-refractivity contribution in [2.45, 2.75) is 26.4 Å². The van der Waals surface area contributed by atoms with Gasteiger partial charge in [-0.3, -0.25) is 14.2 Å². The van der Waals surface area contributed by atoms with E-state index in [2.05, 4.69) is 10.3 Å². The van der Waals surface area contributed by atoms with E-state index in [9.17, 15) is 18.4 Å². The smallest absolute Gasteiger partial charge is 0.255 e. The van der Waals surface area contributed by atoms with Crippen LogP contribution in [0.2, 0.25) is 0 Å². The molecule has 1 aromatic heterocycles. The van der Waals surface area contributed by atoms with E-state index >= 15 is 0 Å². The summed E-state index contributed by atoms with van der Waals surface area (Å²) in [5.41, 5.74) is 5.91. The maximum atomic E-state index is 13.5. The molecule has 0 bridgehead atoms. The van der Waals surface area contributed by atoms with E-state index < -0.39 is 23.1 Å². The van der Waals surface area contributed by atoms with Gasteiger partial charge in [-0.2, -0.15) is 0 Å². The molecule has 6 nitrogen and oxygen atoms in total. The van der Waals surface area contributed by atoms with Crippen LogP contribution < -0.4 is 16.6 Å². The van der Waals surface area contributed by atoms with Gasteiger partial charge in [-0.25, -0.2) is 13.8 Å². The van der Waals surface area contributed by atoms with E-state index in [4.69, 9.17) is 5.73 Å². The number of benzene rings is 1. The zero-order chi connectivity index (χ0) is 17.0. The molecule has 3 N–H and O–H groups in total. The number of aromatic nitrogens is 2. The van der Waals surface area contributed by atoms with E-state index in [-0.39, 0.29) is 24.6 Å². The second kappa shape index (κ2) is 6.99. The van der Waals surface area contributed by atoms with Crippen LogP contribution in [0.3, 0.4) is 0 Å². The summed E-state index contributed by atoms with van der Waals surface area (Å²) in [4.78, 5) is 27.8. The largest absolute Gasteiger partial charge is 0.369 e. The van der Waals surface area contributed by atoms with Crippen molar-refractivity contribution in [3.8, 4) is 0 Å². The van der Waals surface area contributed by atoms with Gasteiger partial charge in [0, 0.05) is 29.9 Å². The fraction of sp³-hybridized carbons (Fsp3) is 0.267. The van der Waals surface area contributed by atoms with Crippen molar-refractivity contribution in [3.05, 3.63) is 57.5 Å². The fourth-order valence-corrected chi connectivity index (χ4v) is 1.97. The Kier molecular flexibility index (Phi) is 5.05. The molecule has 0 radical (unpaired) electrons. The number of halogens is 2. The van der Waals surface area contributed by atoms with Gasteiger partial charge in [-0.1, -0.05) is 13.0 Å². The van der Waals surface area contributed by atoms with Crippen LogP contribution in [0.25, 0.3) is 0 Å². The van der Waals surface area contributed by atoms with Crippen LogP contribution in [0.5, 0.6) is 0 Å². The van der Waals surface area contributed by atoms with Crippen molar-refractivity contribution >= 4 is 11.9 Å². The van der Waals surface area contributed by atoms with Crippen molar-refractivity contribution in [3.63, 3.8) is 0 Å². The molecule has 23 heavy (non-hydrogen) atoms. The van der Waals surface area contributed by atoms with Crippen molar-refractivity contribution < 1.29 is 13.6 Å². The fourth-order valence-electron chi connectivity index (χ4n) is 1.97. The molecule has 2 aromatic rings. The van der Waals surface area contributed by atoms with Crippen LogP contribution in [0.1, 0.15) is 18.2 Å². The molecule has 0 spiro atoms. The molecule has 8 heteroatoms. The SMILES string of the molecule is CCc1cc(=O)n(CC(=O)NCc2ccc(F)cc2F)c(N)n1. The first-order chi connectivity index (χ1) is 10.9. The molecule has 0 saturated carbocycles. The van der Waals surface area contributed by atoms with Crippen molar-refractivity contribution in [1.29, 1.82) is 0 Å². The summed E-state index contributed by atoms with van der Waals surface area (Å²) in [6.07, 6.45) is 0.552. The summed E-state index contributed by atoms with van der Waals surface area (Å²) < 4.78 is 27.3. The average molecular weight is 322 g/mol. The molecule has 2 rings (SSSR count). The molecule has 0 aliphatic rings. The summed E-state index contributed by atoms with van der Waals surface area (Å²) in [6.45, 7) is 1.38. The number of nitrogens with two attached hydrogens (primary N) is 1. The number of hydrogen-bond donors (Lipinski definition) is 2. The third-order valence-corrected chi connectivity index (χ3v) is 3.25. The molecule has 0 atom stereocenters. The second-order valence-corrected chi connectivity index (χ2v) is 4.90. The molecule has 0 aliphatic heterocycles. The van der Waals surface area contributed by atoms with Crippen LogP contribution in [0.4, 0.5) is 14.7 Å². The topological polar surface area (TPSA) is 90.0 Å². The Morgan fingerprint density at radius 1 is 1.35 bits per heavy atom. The molecule has 1 heterocycles. The standard InChI is InChI=1S/C15H16F2N4O2/c1-2-11-6-14(23)21(15(18)20-11)8-13(22)19-7-9-3-4-10(16)5-12(9)17/h3-6H,2,7-8H2,1H3,(H2,18,20)(H,19,22). The van der Waals surface area contributed by atoms with Gasteiger partial charge in [0.1, 0.15) is 18.2 Å². The number of carbonyl (C=O) groups excluding carboxylic acids is 1. The van der Waals surface area contributed by atoms with Gasteiger partial charge in [0.05, 0.1) is 0 Å². The van der Waals surface area contributed by atoms with Crippen LogP contribution >= 0.6 is 0 Å². The Morgan fingerprint density at radius 2 is 2.09 bits per heavy atom. The number of nitrogen functional groups attached to an aromatic ring is 1. The third kappa shape index (κ3) is 4.12. The molecular formula is C15H16F2N4O2. The van der Waals surface area contributed by atoms with Gasteiger partial charge in [-0.15, -0.1) is 0 Å². The summed E-state index contributed by atoms with van der Waals surface area (Å²) >= 11 is 0. The van der Waals surface area contributed by atoms with E-state index in [1.807, 2.05) is 6.92 Å². The first kappa shape index (κ1) is 16.6. The molecule has 0 saturated heterocycles.